The monoisotopic (exact) mass is 282 g/mol. The van der Waals surface area contributed by atoms with E-state index in [2.05, 4.69) is 9.97 Å². The number of benzene rings is 1. The fourth-order valence-corrected chi connectivity index (χ4v) is 1.94. The van der Waals surface area contributed by atoms with Crippen LogP contribution in [-0.4, -0.2) is 38.1 Å². The first kappa shape index (κ1) is 13.3. The minimum Gasteiger partial charge on any atom is -0.462 e. The van der Waals surface area contributed by atoms with Crippen LogP contribution in [0.2, 0.25) is 5.02 Å². The summed E-state index contributed by atoms with van der Waals surface area (Å²) in [6.07, 6.45) is -0.238. The van der Waals surface area contributed by atoms with Gasteiger partial charge in [-0.3, -0.25) is 5.21 Å². The van der Waals surface area contributed by atoms with Crippen molar-refractivity contribution in [3.05, 3.63) is 29.5 Å². The first-order valence-electron chi connectivity index (χ1n) is 5.44. The minimum absolute atomic E-state index is 0.0860. The smallest absolute Gasteiger partial charge is 0.451 e. The molecule has 0 radical (unpaired) electrons. The van der Waals surface area contributed by atoms with Gasteiger partial charge in [0.1, 0.15) is 6.33 Å². The fourth-order valence-electron chi connectivity index (χ4n) is 1.72. The highest BCUT2D eigenvalue weighted by atomic mass is 35.5. The highest BCUT2D eigenvalue weighted by Crippen LogP contribution is 2.28. The minimum atomic E-state index is -1.50. The van der Waals surface area contributed by atoms with E-state index in [9.17, 15) is 10.0 Å². The van der Waals surface area contributed by atoms with E-state index in [0.717, 1.165) is 5.01 Å². The van der Waals surface area contributed by atoms with E-state index in [4.69, 9.17) is 16.7 Å². The average Bonchev–Trinajstić information content (AvgIpc) is 2.40. The highest BCUT2D eigenvalue weighted by Gasteiger charge is 2.21. The van der Waals surface area contributed by atoms with Gasteiger partial charge in [-0.1, -0.05) is 22.8 Å². The molecule has 0 saturated heterocycles. The summed E-state index contributed by atoms with van der Waals surface area (Å²) in [5, 5.41) is 20.5. The Morgan fingerprint density at radius 3 is 2.79 bits per heavy atom. The molecule has 0 bridgehead atoms. The molecule has 8 heteroatoms. The van der Waals surface area contributed by atoms with E-state index in [-0.39, 0.29) is 17.5 Å². The van der Waals surface area contributed by atoms with E-state index < -0.39 is 6.09 Å². The lowest BCUT2D eigenvalue weighted by Crippen LogP contribution is -2.44. The molecule has 7 nitrogen and oxygen atoms in total. The molecule has 0 atom stereocenters. The molecule has 0 unspecified atom stereocenters. The topological polar surface area (TPSA) is 89.8 Å². The van der Waals surface area contributed by atoms with Crippen LogP contribution in [0, 0.1) is 0 Å². The molecule has 100 valence electrons. The van der Waals surface area contributed by atoms with Gasteiger partial charge in [-0.2, -0.15) is 0 Å². The van der Waals surface area contributed by atoms with Crippen molar-refractivity contribution in [1.82, 2.24) is 15.1 Å². The molecule has 1 aromatic carbocycles. The zero-order valence-electron chi connectivity index (χ0n) is 9.99. The number of carbonyl (C=O) groups is 1. The maximum Gasteiger partial charge on any atom is 0.451 e. The molecule has 1 aromatic heterocycles. The first-order chi connectivity index (χ1) is 9.06. The first-order valence-corrected chi connectivity index (χ1v) is 5.82. The summed E-state index contributed by atoms with van der Waals surface area (Å²) in [5.74, 6) is 0.264. The van der Waals surface area contributed by atoms with Gasteiger partial charge in [0.05, 0.1) is 10.5 Å². The summed E-state index contributed by atoms with van der Waals surface area (Å²) in [6, 6.07) is 5.08. The number of nitrogens with zero attached hydrogens (tertiary/aromatic N) is 4. The van der Waals surface area contributed by atoms with Crippen molar-refractivity contribution in [2.24, 2.45) is 0 Å². The molecular formula is C11H11ClN4O3. The molecule has 2 aromatic rings. The van der Waals surface area contributed by atoms with Gasteiger partial charge in [-0.05, 0) is 19.1 Å². The standard InChI is InChI=1S/C11H11ClN4O3/c1-2-15(16(19)11(17)18)10-7-4-3-5-8(12)9(7)13-6-14-10/h3-6,19H,2H2,1H3,(H,17,18). The van der Waals surface area contributed by atoms with Crippen LogP contribution in [0.4, 0.5) is 10.6 Å². The Morgan fingerprint density at radius 2 is 2.16 bits per heavy atom. The average molecular weight is 283 g/mol. The van der Waals surface area contributed by atoms with Gasteiger partial charge in [0.25, 0.3) is 0 Å². The molecule has 2 rings (SSSR count). The lowest BCUT2D eigenvalue weighted by molar-refractivity contribution is -0.0734. The van der Waals surface area contributed by atoms with Crippen molar-refractivity contribution >= 4 is 34.4 Å². The predicted molar refractivity (Wildman–Crippen MR) is 69.2 cm³/mol. The van der Waals surface area contributed by atoms with Crippen LogP contribution in [0.5, 0.6) is 0 Å². The maximum atomic E-state index is 10.8. The number of hydrogen-bond acceptors (Lipinski definition) is 5. The van der Waals surface area contributed by atoms with Gasteiger partial charge in [-0.25, -0.2) is 19.8 Å². The maximum absolute atomic E-state index is 10.8. The molecule has 1 amide bonds. The number of halogens is 1. The van der Waals surface area contributed by atoms with E-state index >= 15 is 0 Å². The molecule has 2 N–H and O–H groups in total. The van der Waals surface area contributed by atoms with Crippen LogP contribution in [0.1, 0.15) is 6.92 Å². The van der Waals surface area contributed by atoms with Crippen molar-refractivity contribution in [1.29, 1.82) is 0 Å². The zero-order chi connectivity index (χ0) is 14.0. The van der Waals surface area contributed by atoms with Crippen LogP contribution < -0.4 is 5.01 Å². The van der Waals surface area contributed by atoms with Gasteiger partial charge < -0.3 is 5.11 Å². The lowest BCUT2D eigenvalue weighted by atomic mass is 10.2. The number of aromatic nitrogens is 2. The van der Waals surface area contributed by atoms with Crippen molar-refractivity contribution in [3.8, 4) is 0 Å². The molecule has 0 aliphatic heterocycles. The number of para-hydroxylation sites is 1. The van der Waals surface area contributed by atoms with Crippen LogP contribution >= 0.6 is 11.6 Å². The molecule has 0 spiro atoms. The summed E-state index contributed by atoms with van der Waals surface area (Å²) in [6.45, 7) is 1.89. The molecule has 0 aliphatic rings. The van der Waals surface area contributed by atoms with Gasteiger partial charge in [0.2, 0.25) is 0 Å². The van der Waals surface area contributed by atoms with Gasteiger partial charge in [0.15, 0.2) is 5.82 Å². The molecule has 19 heavy (non-hydrogen) atoms. The fraction of sp³-hybridized carbons (Fsp3) is 0.182. The van der Waals surface area contributed by atoms with Crippen LogP contribution in [0.15, 0.2) is 24.5 Å². The quantitative estimate of drug-likeness (QED) is 0.663. The van der Waals surface area contributed by atoms with E-state index in [1.54, 1.807) is 25.1 Å². The van der Waals surface area contributed by atoms with E-state index in [1.165, 1.54) is 6.33 Å². The highest BCUT2D eigenvalue weighted by molar-refractivity contribution is 6.35. The molecular weight excluding hydrogens is 272 g/mol. The number of fused-ring (bicyclic) bond motifs is 1. The van der Waals surface area contributed by atoms with Crippen molar-refractivity contribution in [2.45, 2.75) is 6.92 Å². The summed E-state index contributed by atoms with van der Waals surface area (Å²) >= 11 is 6.02. The Labute approximate surface area is 113 Å². The Hall–Kier alpha value is -2.12. The van der Waals surface area contributed by atoms with Gasteiger partial charge in [-0.15, -0.1) is 0 Å². The second-order valence-electron chi connectivity index (χ2n) is 3.62. The number of anilines is 1. The Balaban J connectivity index is 2.61. The third kappa shape index (κ3) is 2.38. The number of hydrogen-bond donors (Lipinski definition) is 2. The Kier molecular flexibility index (Phi) is 3.68. The molecule has 0 aliphatic carbocycles. The largest absolute Gasteiger partial charge is 0.462 e. The number of carboxylic acid groups (broad SMARTS) is 1. The summed E-state index contributed by atoms with van der Waals surface area (Å²) in [4.78, 5) is 18.9. The SMILES string of the molecule is CCN(c1ncnc2c(Cl)cccc12)N(O)C(=O)O. The second-order valence-corrected chi connectivity index (χ2v) is 4.03. The van der Waals surface area contributed by atoms with Gasteiger partial charge in [0, 0.05) is 11.9 Å². The predicted octanol–water partition coefficient (Wildman–Crippen LogP) is 2.39. The van der Waals surface area contributed by atoms with Crippen molar-refractivity contribution in [2.75, 3.05) is 11.6 Å². The summed E-state index contributed by atoms with van der Waals surface area (Å²) < 4.78 is 0. The van der Waals surface area contributed by atoms with Crippen LogP contribution in [0.3, 0.4) is 0 Å². The Morgan fingerprint density at radius 1 is 1.42 bits per heavy atom. The van der Waals surface area contributed by atoms with Crippen LogP contribution in [0.25, 0.3) is 10.9 Å². The third-order valence-corrected chi connectivity index (χ3v) is 2.84. The summed E-state index contributed by atoms with van der Waals surface area (Å²) in [7, 11) is 0. The molecule has 0 saturated carbocycles. The lowest BCUT2D eigenvalue weighted by Gasteiger charge is -2.27. The zero-order valence-corrected chi connectivity index (χ0v) is 10.7. The molecule has 1 heterocycles. The number of rotatable bonds is 3. The number of hydrazine groups is 1. The van der Waals surface area contributed by atoms with E-state index in [0.29, 0.717) is 15.9 Å². The van der Waals surface area contributed by atoms with Crippen molar-refractivity contribution in [3.63, 3.8) is 0 Å². The van der Waals surface area contributed by atoms with Crippen molar-refractivity contribution < 1.29 is 15.1 Å². The number of hydroxylamine groups is 1. The molecule has 0 fully saturated rings. The van der Waals surface area contributed by atoms with Gasteiger partial charge >= 0.3 is 6.09 Å². The second kappa shape index (κ2) is 5.25. The van der Waals surface area contributed by atoms with Crippen LogP contribution in [-0.2, 0) is 0 Å². The van der Waals surface area contributed by atoms with E-state index in [1.807, 2.05) is 0 Å². The Bertz CT molecular complexity index is 622. The summed E-state index contributed by atoms with van der Waals surface area (Å²) in [5.41, 5.74) is 0.492. The number of amides is 1. The third-order valence-electron chi connectivity index (χ3n) is 2.54. The normalized spacial score (nSPS) is 10.5.